The van der Waals surface area contributed by atoms with Gasteiger partial charge in [-0.05, 0) is 18.6 Å². The van der Waals surface area contributed by atoms with Crippen LogP contribution in [-0.4, -0.2) is 28.2 Å². The summed E-state index contributed by atoms with van der Waals surface area (Å²) in [5.41, 5.74) is -0.939. The minimum atomic E-state index is -0.939. The van der Waals surface area contributed by atoms with Crippen LogP contribution in [-0.2, 0) is 0 Å². The maximum absolute atomic E-state index is 10.4. The summed E-state index contributed by atoms with van der Waals surface area (Å²) in [5, 5.41) is 19.9. The third-order valence-electron chi connectivity index (χ3n) is 3.54. The second-order valence-electron chi connectivity index (χ2n) is 5.50. The lowest BCUT2D eigenvalue weighted by atomic mass is 9.98. The number of aliphatic hydroxyl groups is 2. The van der Waals surface area contributed by atoms with Gasteiger partial charge in [0, 0.05) is 10.6 Å². The van der Waals surface area contributed by atoms with Gasteiger partial charge in [-0.25, -0.2) is 0 Å². The Bertz CT molecular complexity index is 342. The molecule has 2 nitrogen and oxygen atoms in total. The number of hydrogen-bond acceptors (Lipinski definition) is 3. The number of benzene rings is 1. The first kappa shape index (κ1) is 17.5. The fourth-order valence-electron chi connectivity index (χ4n) is 2.17. The second kappa shape index (κ2) is 10.3. The van der Waals surface area contributed by atoms with E-state index >= 15 is 0 Å². The Morgan fingerprint density at radius 1 is 1.00 bits per heavy atom. The molecular weight excluding hydrogens is 268 g/mol. The molecule has 0 saturated heterocycles. The van der Waals surface area contributed by atoms with E-state index in [2.05, 4.69) is 6.92 Å². The van der Waals surface area contributed by atoms with Gasteiger partial charge in [0.25, 0.3) is 0 Å². The summed E-state index contributed by atoms with van der Waals surface area (Å²) < 4.78 is 0. The molecule has 1 atom stereocenters. The maximum atomic E-state index is 10.4. The molecule has 1 rings (SSSR count). The molecule has 0 fully saturated rings. The van der Waals surface area contributed by atoms with Gasteiger partial charge in [-0.3, -0.25) is 0 Å². The van der Waals surface area contributed by atoms with Crippen LogP contribution in [0.3, 0.4) is 0 Å². The molecule has 0 aliphatic heterocycles. The molecule has 1 aromatic carbocycles. The van der Waals surface area contributed by atoms with E-state index in [1.54, 1.807) is 11.8 Å². The first-order valence-electron chi connectivity index (χ1n) is 7.71. The zero-order valence-electron chi connectivity index (χ0n) is 12.6. The Balaban J connectivity index is 2.24. The summed E-state index contributed by atoms with van der Waals surface area (Å²) in [4.78, 5) is 1.14. The number of rotatable bonds is 11. The van der Waals surface area contributed by atoms with Gasteiger partial charge in [0.15, 0.2) is 0 Å². The summed E-state index contributed by atoms with van der Waals surface area (Å²) in [6.45, 7) is 2.06. The molecule has 3 heteroatoms. The molecule has 2 N–H and O–H groups in total. The molecule has 0 aliphatic rings. The molecule has 0 aromatic heterocycles. The average Bonchev–Trinajstić information content (AvgIpc) is 2.50. The van der Waals surface area contributed by atoms with E-state index in [1.807, 2.05) is 30.3 Å². The smallest absolute Gasteiger partial charge is 0.0970 e. The number of hydrogen-bond donors (Lipinski definition) is 2. The predicted molar refractivity (Wildman–Crippen MR) is 87.2 cm³/mol. The van der Waals surface area contributed by atoms with Gasteiger partial charge in [0.1, 0.15) is 0 Å². The number of thioether (sulfide) groups is 1. The summed E-state index contributed by atoms with van der Waals surface area (Å²) in [5.74, 6) is 0.558. The van der Waals surface area contributed by atoms with Crippen LogP contribution in [0, 0.1) is 0 Å². The zero-order valence-corrected chi connectivity index (χ0v) is 13.4. The SMILES string of the molecule is CCCCCCCC[C@](O)(CO)CSc1ccccc1. The van der Waals surface area contributed by atoms with E-state index in [1.165, 1.54) is 25.7 Å². The van der Waals surface area contributed by atoms with Crippen LogP contribution >= 0.6 is 11.8 Å². The highest BCUT2D eigenvalue weighted by molar-refractivity contribution is 7.99. The van der Waals surface area contributed by atoms with Crippen molar-refractivity contribution in [1.82, 2.24) is 0 Å². The fraction of sp³-hybridized carbons (Fsp3) is 0.647. The highest BCUT2D eigenvalue weighted by Crippen LogP contribution is 2.26. The first-order valence-corrected chi connectivity index (χ1v) is 8.70. The Hall–Kier alpha value is -0.510. The zero-order chi connectivity index (χ0) is 14.7. The normalized spacial score (nSPS) is 14.2. The van der Waals surface area contributed by atoms with Crippen molar-refractivity contribution >= 4 is 11.8 Å². The molecule has 0 bridgehead atoms. The van der Waals surface area contributed by atoms with Gasteiger partial charge in [0.05, 0.1) is 12.2 Å². The second-order valence-corrected chi connectivity index (χ2v) is 6.55. The monoisotopic (exact) mass is 296 g/mol. The van der Waals surface area contributed by atoms with Gasteiger partial charge in [-0.15, -0.1) is 11.8 Å². The molecule has 0 saturated carbocycles. The summed E-state index contributed by atoms with van der Waals surface area (Å²) in [7, 11) is 0. The van der Waals surface area contributed by atoms with Gasteiger partial charge in [-0.1, -0.05) is 63.6 Å². The van der Waals surface area contributed by atoms with E-state index < -0.39 is 5.60 Å². The minimum absolute atomic E-state index is 0.151. The van der Waals surface area contributed by atoms with Gasteiger partial charge in [-0.2, -0.15) is 0 Å². The van der Waals surface area contributed by atoms with E-state index in [0.717, 1.165) is 17.7 Å². The Morgan fingerprint density at radius 3 is 2.30 bits per heavy atom. The van der Waals surface area contributed by atoms with Crippen molar-refractivity contribution < 1.29 is 10.2 Å². The molecule has 0 unspecified atom stereocenters. The third-order valence-corrected chi connectivity index (χ3v) is 4.83. The van der Waals surface area contributed by atoms with Crippen LogP contribution in [0.2, 0.25) is 0 Å². The third kappa shape index (κ3) is 7.32. The van der Waals surface area contributed by atoms with Crippen molar-refractivity contribution in [3.63, 3.8) is 0 Å². The van der Waals surface area contributed by atoms with Crippen LogP contribution in [0.5, 0.6) is 0 Å². The van der Waals surface area contributed by atoms with Gasteiger partial charge >= 0.3 is 0 Å². The lowest BCUT2D eigenvalue weighted by Crippen LogP contribution is -2.36. The Labute approximate surface area is 127 Å². The molecule has 114 valence electrons. The maximum Gasteiger partial charge on any atom is 0.0970 e. The molecular formula is C17H28O2S. The summed E-state index contributed by atoms with van der Waals surface area (Å²) in [6.07, 6.45) is 7.92. The standard InChI is InChI=1S/C17H28O2S/c1-2-3-4-5-6-10-13-17(19,14-18)15-20-16-11-8-7-9-12-16/h7-9,11-12,18-19H,2-6,10,13-15H2,1H3/t17-/m0/s1. The van der Waals surface area contributed by atoms with E-state index in [9.17, 15) is 10.2 Å². The van der Waals surface area contributed by atoms with E-state index in [-0.39, 0.29) is 6.61 Å². The minimum Gasteiger partial charge on any atom is -0.393 e. The van der Waals surface area contributed by atoms with Crippen LogP contribution in [0.15, 0.2) is 35.2 Å². The van der Waals surface area contributed by atoms with Gasteiger partial charge < -0.3 is 10.2 Å². The number of unbranched alkanes of at least 4 members (excludes halogenated alkanes) is 5. The first-order chi connectivity index (χ1) is 9.70. The average molecular weight is 296 g/mol. The van der Waals surface area contributed by atoms with E-state index in [0.29, 0.717) is 12.2 Å². The van der Waals surface area contributed by atoms with Crippen LogP contribution < -0.4 is 0 Å². The molecule has 20 heavy (non-hydrogen) atoms. The van der Waals surface area contributed by atoms with Crippen molar-refractivity contribution in [2.24, 2.45) is 0 Å². The van der Waals surface area contributed by atoms with Crippen LogP contribution in [0.25, 0.3) is 0 Å². The van der Waals surface area contributed by atoms with Gasteiger partial charge in [0.2, 0.25) is 0 Å². The molecule has 0 aliphatic carbocycles. The van der Waals surface area contributed by atoms with Crippen molar-refractivity contribution in [2.75, 3.05) is 12.4 Å². The molecule has 0 spiro atoms. The Morgan fingerprint density at radius 2 is 1.65 bits per heavy atom. The molecule has 0 radical (unpaired) electrons. The lowest BCUT2D eigenvalue weighted by molar-refractivity contribution is -0.00272. The molecule has 1 aromatic rings. The van der Waals surface area contributed by atoms with Crippen molar-refractivity contribution in [3.8, 4) is 0 Å². The highest BCUT2D eigenvalue weighted by atomic mass is 32.2. The molecule has 0 heterocycles. The number of aliphatic hydroxyl groups excluding tert-OH is 1. The fourth-order valence-corrected chi connectivity index (χ4v) is 3.19. The van der Waals surface area contributed by atoms with Crippen LogP contribution in [0.4, 0.5) is 0 Å². The quantitative estimate of drug-likeness (QED) is 0.474. The largest absolute Gasteiger partial charge is 0.393 e. The van der Waals surface area contributed by atoms with Crippen molar-refractivity contribution in [3.05, 3.63) is 30.3 Å². The Kier molecular flexibility index (Phi) is 8.99. The van der Waals surface area contributed by atoms with Crippen LogP contribution in [0.1, 0.15) is 51.9 Å². The molecule has 0 amide bonds. The summed E-state index contributed by atoms with van der Waals surface area (Å²) in [6, 6.07) is 10.0. The predicted octanol–water partition coefficient (Wildman–Crippen LogP) is 4.25. The summed E-state index contributed by atoms with van der Waals surface area (Å²) >= 11 is 1.61. The van der Waals surface area contributed by atoms with Crippen molar-refractivity contribution in [2.45, 2.75) is 62.4 Å². The topological polar surface area (TPSA) is 40.5 Å². The van der Waals surface area contributed by atoms with Crippen molar-refractivity contribution in [1.29, 1.82) is 0 Å². The van der Waals surface area contributed by atoms with E-state index in [4.69, 9.17) is 0 Å². The highest BCUT2D eigenvalue weighted by Gasteiger charge is 2.25. The lowest BCUT2D eigenvalue weighted by Gasteiger charge is -2.25.